The van der Waals surface area contributed by atoms with Crippen LogP contribution in [0.1, 0.15) is 12.5 Å². The first-order valence-corrected chi connectivity index (χ1v) is 4.96. The molecule has 0 saturated heterocycles. The number of anilines is 1. The lowest BCUT2D eigenvalue weighted by Crippen LogP contribution is -2.29. The van der Waals surface area contributed by atoms with E-state index in [0.29, 0.717) is 17.1 Å². The molecule has 1 aliphatic heterocycles. The van der Waals surface area contributed by atoms with Crippen LogP contribution in [0.4, 0.5) is 5.69 Å². The zero-order chi connectivity index (χ0) is 10.1. The van der Waals surface area contributed by atoms with E-state index in [-0.39, 0.29) is 0 Å². The number of hydrogen-bond acceptors (Lipinski definition) is 3. The number of nitrogens with one attached hydrogen (secondary N) is 1. The van der Waals surface area contributed by atoms with E-state index in [0.717, 1.165) is 17.8 Å². The predicted octanol–water partition coefficient (Wildman–Crippen LogP) is 0.989. The highest BCUT2D eigenvalue weighted by Gasteiger charge is 2.30. The summed E-state index contributed by atoms with van der Waals surface area (Å²) in [5.74, 6) is 0. The van der Waals surface area contributed by atoms with Crippen LogP contribution in [0.2, 0.25) is 5.02 Å². The van der Waals surface area contributed by atoms with Crippen molar-refractivity contribution in [2.24, 2.45) is 0 Å². The molecule has 0 aliphatic carbocycles. The van der Waals surface area contributed by atoms with Gasteiger partial charge in [0.1, 0.15) is 0 Å². The highest BCUT2D eigenvalue weighted by molar-refractivity contribution is 6.65. The highest BCUT2D eigenvalue weighted by atomic mass is 35.5. The highest BCUT2D eigenvalue weighted by Crippen LogP contribution is 2.24. The molecule has 0 aromatic heterocycles. The minimum absolute atomic E-state index is 0.433. The van der Waals surface area contributed by atoms with Crippen molar-refractivity contribution in [2.75, 3.05) is 11.9 Å². The minimum atomic E-state index is -0.879. The van der Waals surface area contributed by atoms with E-state index >= 15 is 0 Å². The summed E-state index contributed by atoms with van der Waals surface area (Å²) < 4.78 is 5.08. The van der Waals surface area contributed by atoms with Crippen LogP contribution >= 0.6 is 11.6 Å². The van der Waals surface area contributed by atoms with Gasteiger partial charge in [-0.05, 0) is 18.6 Å². The maximum absolute atomic E-state index is 9.52. The Labute approximate surface area is 88.2 Å². The molecule has 0 saturated carbocycles. The van der Waals surface area contributed by atoms with E-state index in [1.807, 2.05) is 19.1 Å². The van der Waals surface area contributed by atoms with Crippen molar-refractivity contribution in [3.05, 3.63) is 22.7 Å². The summed E-state index contributed by atoms with van der Waals surface area (Å²) in [7, 11) is -0.879. The third-order valence-electron chi connectivity index (χ3n) is 2.28. The lowest BCUT2D eigenvalue weighted by molar-refractivity contribution is 0.275. The van der Waals surface area contributed by atoms with E-state index in [1.54, 1.807) is 0 Å². The molecule has 0 amide bonds. The Morgan fingerprint density at radius 3 is 3.14 bits per heavy atom. The molecule has 74 valence electrons. The molecule has 5 heteroatoms. The second-order valence-corrected chi connectivity index (χ2v) is 3.57. The first-order chi connectivity index (χ1) is 6.74. The molecule has 1 aromatic rings. The van der Waals surface area contributed by atoms with Gasteiger partial charge in [-0.2, -0.15) is 0 Å². The average molecular weight is 211 g/mol. The summed E-state index contributed by atoms with van der Waals surface area (Å²) in [6, 6.07) is 3.83. The van der Waals surface area contributed by atoms with Gasteiger partial charge in [0.25, 0.3) is 0 Å². The second kappa shape index (κ2) is 3.81. The summed E-state index contributed by atoms with van der Waals surface area (Å²) in [5.41, 5.74) is 2.51. The molecule has 0 radical (unpaired) electrons. The first kappa shape index (κ1) is 9.83. The van der Waals surface area contributed by atoms with E-state index < -0.39 is 7.12 Å². The molecule has 14 heavy (non-hydrogen) atoms. The molecule has 0 atom stereocenters. The van der Waals surface area contributed by atoms with Crippen LogP contribution in [0.25, 0.3) is 0 Å². The van der Waals surface area contributed by atoms with Crippen molar-refractivity contribution in [1.29, 1.82) is 0 Å². The van der Waals surface area contributed by atoms with Crippen molar-refractivity contribution in [2.45, 2.75) is 13.5 Å². The predicted molar refractivity (Wildman–Crippen MR) is 58.0 cm³/mol. The van der Waals surface area contributed by atoms with Gasteiger partial charge in [-0.3, -0.25) is 0 Å². The summed E-state index contributed by atoms with van der Waals surface area (Å²) in [6.45, 7) is 3.23. The molecule has 2 rings (SSSR count). The van der Waals surface area contributed by atoms with Gasteiger partial charge in [0.2, 0.25) is 0 Å². The molecule has 1 aromatic carbocycles. The lowest BCUT2D eigenvalue weighted by atomic mass is 9.79. The Hall–Kier alpha value is -0.705. The number of fused-ring (bicyclic) bond motifs is 1. The van der Waals surface area contributed by atoms with E-state index in [2.05, 4.69) is 5.32 Å². The fraction of sp³-hybridized carbons (Fsp3) is 0.333. The van der Waals surface area contributed by atoms with E-state index in [4.69, 9.17) is 16.3 Å². The van der Waals surface area contributed by atoms with Crippen molar-refractivity contribution in [3.8, 4) is 0 Å². The van der Waals surface area contributed by atoms with Crippen LogP contribution in [-0.4, -0.2) is 18.7 Å². The largest absolute Gasteiger partial charge is 0.493 e. The van der Waals surface area contributed by atoms with Gasteiger partial charge < -0.3 is 15.0 Å². The van der Waals surface area contributed by atoms with Gasteiger partial charge in [0.15, 0.2) is 0 Å². The van der Waals surface area contributed by atoms with Crippen molar-refractivity contribution in [3.63, 3.8) is 0 Å². The maximum atomic E-state index is 9.52. The first-order valence-electron chi connectivity index (χ1n) is 4.59. The van der Waals surface area contributed by atoms with Gasteiger partial charge in [0.05, 0.1) is 17.3 Å². The zero-order valence-electron chi connectivity index (χ0n) is 7.88. The van der Waals surface area contributed by atoms with E-state index in [1.165, 1.54) is 0 Å². The smallest absolute Gasteiger partial charge is 0.423 e. The third-order valence-corrected chi connectivity index (χ3v) is 2.69. The molecular formula is C9H11BClNO2. The lowest BCUT2D eigenvalue weighted by Gasteiger charge is -2.09. The van der Waals surface area contributed by atoms with Crippen LogP contribution in [-0.2, 0) is 11.3 Å². The molecule has 3 nitrogen and oxygen atoms in total. The summed E-state index contributed by atoms with van der Waals surface area (Å²) in [5, 5.41) is 13.2. The minimum Gasteiger partial charge on any atom is -0.423 e. The second-order valence-electron chi connectivity index (χ2n) is 3.19. The van der Waals surface area contributed by atoms with Gasteiger partial charge in [-0.25, -0.2) is 0 Å². The molecule has 1 heterocycles. The topological polar surface area (TPSA) is 41.5 Å². The van der Waals surface area contributed by atoms with Gasteiger partial charge in [-0.1, -0.05) is 17.7 Å². The molecule has 2 N–H and O–H groups in total. The van der Waals surface area contributed by atoms with Crippen molar-refractivity contribution < 1.29 is 9.68 Å². The standard InChI is InChI=1S/C9H11BClNO2/c1-2-12-7-4-3-6-5-14-10(13)8(6)9(7)11/h3-4,12-13H,2,5H2,1H3. The molecule has 1 aliphatic rings. The zero-order valence-corrected chi connectivity index (χ0v) is 8.64. The summed E-state index contributed by atoms with van der Waals surface area (Å²) in [4.78, 5) is 0. The van der Waals surface area contributed by atoms with Crippen LogP contribution in [0, 0.1) is 0 Å². The SMILES string of the molecule is CCNc1ccc2c(c1Cl)B(O)OC2. The van der Waals surface area contributed by atoms with Crippen LogP contribution in [0.5, 0.6) is 0 Å². The Bertz CT molecular complexity index is 359. The van der Waals surface area contributed by atoms with Gasteiger partial charge in [-0.15, -0.1) is 0 Å². The quantitative estimate of drug-likeness (QED) is 0.717. The van der Waals surface area contributed by atoms with E-state index in [9.17, 15) is 5.02 Å². The van der Waals surface area contributed by atoms with Crippen molar-refractivity contribution >= 4 is 29.9 Å². The molecule has 0 spiro atoms. The molecular weight excluding hydrogens is 200 g/mol. The summed E-state index contributed by atoms with van der Waals surface area (Å²) in [6.07, 6.45) is 0. The van der Waals surface area contributed by atoms with Crippen molar-refractivity contribution in [1.82, 2.24) is 0 Å². The van der Waals surface area contributed by atoms with Crippen LogP contribution in [0.15, 0.2) is 12.1 Å². The molecule has 0 unspecified atom stereocenters. The number of benzene rings is 1. The Morgan fingerprint density at radius 2 is 2.43 bits per heavy atom. The molecule has 0 bridgehead atoms. The van der Waals surface area contributed by atoms with Crippen LogP contribution in [0.3, 0.4) is 0 Å². The Balaban J connectivity index is 2.45. The monoisotopic (exact) mass is 211 g/mol. The summed E-state index contributed by atoms with van der Waals surface area (Å²) >= 11 is 6.13. The Morgan fingerprint density at radius 1 is 1.64 bits per heavy atom. The fourth-order valence-electron chi connectivity index (χ4n) is 1.60. The fourth-order valence-corrected chi connectivity index (χ4v) is 1.95. The van der Waals surface area contributed by atoms with Gasteiger partial charge in [0, 0.05) is 12.0 Å². The van der Waals surface area contributed by atoms with Crippen LogP contribution < -0.4 is 10.8 Å². The third kappa shape index (κ3) is 1.50. The Kier molecular flexibility index (Phi) is 2.68. The normalized spacial score (nSPS) is 14.4. The maximum Gasteiger partial charge on any atom is 0.493 e. The van der Waals surface area contributed by atoms with Gasteiger partial charge >= 0.3 is 7.12 Å². The molecule has 0 fully saturated rings. The number of rotatable bonds is 2. The number of hydrogen-bond donors (Lipinski definition) is 2. The number of halogens is 1. The average Bonchev–Trinajstić information content (AvgIpc) is 2.54.